The van der Waals surface area contributed by atoms with E-state index >= 15 is 0 Å². The molecule has 0 aromatic heterocycles. The minimum absolute atomic E-state index is 0.0352. The number of fused-ring (bicyclic) bond motifs is 2. The third kappa shape index (κ3) is 3.94. The van der Waals surface area contributed by atoms with Gasteiger partial charge in [-0.1, -0.05) is 39.8 Å². The number of benzene rings is 2. The molecule has 0 saturated carbocycles. The number of aliphatic hydroxyl groups excluding tert-OH is 1. The zero-order valence-corrected chi connectivity index (χ0v) is 24.6. The normalized spacial score (nSPS) is 21.0. The standard InChI is InChI=1S/C33H37N3O4/c1-19(2)15-16-35-24-13-10-14-25(36(39)40)29(24)33(6,7)27(35)18-22-30(37)21(31(22)38)17-26-32(4,5)28-20(3)11-9-12-23(28)34(26)8/h9-14,17-19H,15-16H2,1-8H3/p+1. The van der Waals surface area contributed by atoms with Crippen molar-refractivity contribution in [3.8, 4) is 0 Å². The highest BCUT2D eigenvalue weighted by Crippen LogP contribution is 2.50. The molecular formula is C33H38N3O4+. The minimum atomic E-state index is -0.732. The predicted molar refractivity (Wildman–Crippen MR) is 159 cm³/mol. The highest BCUT2D eigenvalue weighted by atomic mass is 16.6. The van der Waals surface area contributed by atoms with Crippen LogP contribution in [0.15, 0.2) is 71.2 Å². The first-order valence-corrected chi connectivity index (χ1v) is 13.9. The fourth-order valence-corrected chi connectivity index (χ4v) is 6.71. The topological polar surface area (TPSA) is 86.7 Å². The molecule has 0 radical (unpaired) electrons. The van der Waals surface area contributed by atoms with Gasteiger partial charge in [0.05, 0.1) is 21.5 Å². The van der Waals surface area contributed by atoms with Gasteiger partial charge >= 0.3 is 0 Å². The van der Waals surface area contributed by atoms with E-state index in [1.54, 1.807) is 12.1 Å². The Morgan fingerprint density at radius 2 is 1.73 bits per heavy atom. The molecule has 40 heavy (non-hydrogen) atoms. The Morgan fingerprint density at radius 1 is 1.05 bits per heavy atom. The van der Waals surface area contributed by atoms with Crippen LogP contribution in [0.4, 0.5) is 17.1 Å². The zero-order chi connectivity index (χ0) is 29.3. The quantitative estimate of drug-likeness (QED) is 0.185. The average Bonchev–Trinajstić information content (AvgIpc) is 3.22. The zero-order valence-electron chi connectivity index (χ0n) is 24.6. The van der Waals surface area contributed by atoms with E-state index in [2.05, 4.69) is 56.2 Å². The number of likely N-dealkylation sites (N-methyl/N-ethyl adjacent to an activating group) is 1. The Balaban J connectivity index is 1.60. The van der Waals surface area contributed by atoms with Crippen molar-refractivity contribution in [1.82, 2.24) is 0 Å². The van der Waals surface area contributed by atoms with E-state index in [4.69, 9.17) is 0 Å². The van der Waals surface area contributed by atoms with Gasteiger partial charge in [0.15, 0.2) is 5.71 Å². The number of allylic oxidation sites excluding steroid dienone is 5. The fraction of sp³-hybridized carbons (Fsp3) is 0.394. The monoisotopic (exact) mass is 540 g/mol. The SMILES string of the molecule is Cc1cccc2c1C(C)(C)/C(=C/C1=C(O)C(=C\C3=[N+](CCC(C)C)c4cccc([N+](=O)[O-])c4C3(C)C)/C1=O)N2C. The van der Waals surface area contributed by atoms with Gasteiger partial charge in [0.2, 0.25) is 11.5 Å². The van der Waals surface area contributed by atoms with Gasteiger partial charge in [0, 0.05) is 48.5 Å². The number of Topliss-reactive ketones (excluding diaryl/α,β-unsaturated/α-hetero) is 1. The van der Waals surface area contributed by atoms with Crippen molar-refractivity contribution in [1.29, 1.82) is 0 Å². The second-order valence-electron chi connectivity index (χ2n) is 12.6. The summed E-state index contributed by atoms with van der Waals surface area (Å²) in [7, 11) is 1.99. The Morgan fingerprint density at radius 3 is 2.33 bits per heavy atom. The molecule has 2 aliphatic heterocycles. The summed E-state index contributed by atoms with van der Waals surface area (Å²) in [5.74, 6) is 0.169. The summed E-state index contributed by atoms with van der Waals surface area (Å²) in [5.41, 5.74) is 6.18. The average molecular weight is 541 g/mol. The number of ketones is 1. The summed E-state index contributed by atoms with van der Waals surface area (Å²) in [4.78, 5) is 27.3. The molecule has 7 heteroatoms. The molecule has 2 aromatic rings. The molecule has 2 heterocycles. The lowest BCUT2D eigenvalue weighted by Gasteiger charge is -2.27. The molecule has 0 spiro atoms. The van der Waals surface area contributed by atoms with Crippen molar-refractivity contribution >= 4 is 28.6 Å². The molecule has 3 aliphatic rings. The van der Waals surface area contributed by atoms with Crippen molar-refractivity contribution in [2.45, 2.75) is 65.7 Å². The summed E-state index contributed by atoms with van der Waals surface area (Å²) < 4.78 is 2.08. The predicted octanol–water partition coefficient (Wildman–Crippen LogP) is 6.96. The molecule has 1 N–H and O–H groups in total. The van der Waals surface area contributed by atoms with Gasteiger partial charge in [-0.25, -0.2) is 0 Å². The van der Waals surface area contributed by atoms with Gasteiger partial charge in [-0.2, -0.15) is 4.58 Å². The largest absolute Gasteiger partial charge is 0.506 e. The number of hydrogen-bond donors (Lipinski definition) is 1. The number of nitro groups is 1. The van der Waals surface area contributed by atoms with Crippen molar-refractivity contribution in [3.63, 3.8) is 0 Å². The molecule has 0 saturated heterocycles. The number of nitro benzene ring substituents is 1. The van der Waals surface area contributed by atoms with Crippen LogP contribution in [0.1, 0.15) is 64.7 Å². The maximum Gasteiger partial charge on any atom is 0.280 e. The lowest BCUT2D eigenvalue weighted by Crippen LogP contribution is -2.32. The van der Waals surface area contributed by atoms with Crippen molar-refractivity contribution in [3.05, 3.63) is 98.0 Å². The first kappa shape index (κ1) is 27.6. The minimum Gasteiger partial charge on any atom is -0.506 e. The number of anilines is 1. The molecule has 0 unspecified atom stereocenters. The molecule has 0 bridgehead atoms. The van der Waals surface area contributed by atoms with E-state index in [0.29, 0.717) is 23.6 Å². The van der Waals surface area contributed by atoms with Crippen LogP contribution in [-0.2, 0) is 15.6 Å². The lowest BCUT2D eigenvalue weighted by molar-refractivity contribution is -0.440. The Hall–Kier alpha value is -4.00. The van der Waals surface area contributed by atoms with Gasteiger partial charge in [-0.3, -0.25) is 14.9 Å². The van der Waals surface area contributed by atoms with Crippen molar-refractivity contribution in [2.75, 3.05) is 18.5 Å². The second-order valence-corrected chi connectivity index (χ2v) is 12.6. The first-order chi connectivity index (χ1) is 18.7. The molecule has 208 valence electrons. The van der Waals surface area contributed by atoms with Gasteiger partial charge in [0.1, 0.15) is 17.9 Å². The van der Waals surface area contributed by atoms with Gasteiger partial charge in [-0.15, -0.1) is 0 Å². The number of rotatable bonds is 6. The number of aliphatic hydroxyl groups is 1. The Kier molecular flexibility index (Phi) is 6.40. The molecule has 5 rings (SSSR count). The fourth-order valence-electron chi connectivity index (χ4n) is 6.71. The molecule has 0 fully saturated rings. The van der Waals surface area contributed by atoms with E-state index in [1.165, 1.54) is 17.2 Å². The van der Waals surface area contributed by atoms with E-state index in [1.807, 2.05) is 39.1 Å². The van der Waals surface area contributed by atoms with Crippen LogP contribution in [0.25, 0.3) is 0 Å². The van der Waals surface area contributed by atoms with Gasteiger partial charge in [0.25, 0.3) is 5.69 Å². The van der Waals surface area contributed by atoms with E-state index < -0.39 is 5.41 Å². The summed E-state index contributed by atoms with van der Waals surface area (Å²) in [6, 6.07) is 11.4. The van der Waals surface area contributed by atoms with Crippen LogP contribution in [0.5, 0.6) is 0 Å². The molecule has 1 aliphatic carbocycles. The lowest BCUT2D eigenvalue weighted by atomic mass is 9.77. The highest BCUT2D eigenvalue weighted by Gasteiger charge is 2.50. The van der Waals surface area contributed by atoms with Crippen molar-refractivity contribution < 1.29 is 19.4 Å². The summed E-state index contributed by atoms with van der Waals surface area (Å²) >= 11 is 0. The maximum atomic E-state index is 13.5. The smallest absolute Gasteiger partial charge is 0.280 e. The molecular weight excluding hydrogens is 502 g/mol. The molecule has 7 nitrogen and oxygen atoms in total. The van der Waals surface area contributed by atoms with Gasteiger partial charge < -0.3 is 10.0 Å². The second kappa shape index (κ2) is 9.29. The van der Waals surface area contributed by atoms with Crippen LogP contribution < -0.4 is 4.90 Å². The van der Waals surface area contributed by atoms with Crippen LogP contribution in [0.2, 0.25) is 0 Å². The number of hydrogen-bond acceptors (Lipinski definition) is 5. The van der Waals surface area contributed by atoms with Crippen molar-refractivity contribution in [2.24, 2.45) is 5.92 Å². The third-order valence-electron chi connectivity index (χ3n) is 8.79. The Bertz CT molecular complexity index is 1600. The van der Waals surface area contributed by atoms with Crippen LogP contribution in [0.3, 0.4) is 0 Å². The first-order valence-electron chi connectivity index (χ1n) is 13.9. The molecule has 0 amide bonds. The molecule has 2 aromatic carbocycles. The van der Waals surface area contributed by atoms with Crippen LogP contribution in [0, 0.1) is 23.0 Å². The maximum absolute atomic E-state index is 13.5. The molecule has 0 atom stereocenters. The highest BCUT2D eigenvalue weighted by molar-refractivity contribution is 6.24. The summed E-state index contributed by atoms with van der Waals surface area (Å²) in [6.07, 6.45) is 4.43. The number of aryl methyl sites for hydroxylation is 1. The summed E-state index contributed by atoms with van der Waals surface area (Å²) in [6.45, 7) is 15.2. The number of nitrogens with zero attached hydrogens (tertiary/aromatic N) is 3. The number of carbonyl (C=O) groups is 1. The van der Waals surface area contributed by atoms with E-state index in [9.17, 15) is 20.0 Å². The third-order valence-corrected chi connectivity index (χ3v) is 8.79. The number of carbonyl (C=O) groups excluding carboxylic acids is 1. The van der Waals surface area contributed by atoms with Crippen LogP contribution >= 0.6 is 0 Å². The van der Waals surface area contributed by atoms with E-state index in [-0.39, 0.29) is 33.1 Å². The van der Waals surface area contributed by atoms with Gasteiger partial charge in [-0.05, 0) is 56.0 Å². The van der Waals surface area contributed by atoms with E-state index in [0.717, 1.165) is 29.2 Å². The Labute approximate surface area is 236 Å². The summed E-state index contributed by atoms with van der Waals surface area (Å²) in [5, 5.41) is 23.2. The van der Waals surface area contributed by atoms with Crippen LogP contribution in [-0.4, -0.2) is 39.7 Å².